The van der Waals surface area contributed by atoms with E-state index in [0.29, 0.717) is 6.04 Å². The van der Waals surface area contributed by atoms with Crippen LogP contribution in [0.5, 0.6) is 0 Å². The van der Waals surface area contributed by atoms with Crippen molar-refractivity contribution < 1.29 is 10.3 Å². The zero-order valence-electron chi connectivity index (χ0n) is 19.6. The molecule has 0 aromatic rings. The van der Waals surface area contributed by atoms with Gasteiger partial charge in [-0.25, -0.2) is 0 Å². The smallest absolute Gasteiger partial charge is 0.239 e. The molecule has 178 valence electrons. The van der Waals surface area contributed by atoms with Gasteiger partial charge in [0.1, 0.15) is 0 Å². The average Bonchev–Trinajstić information content (AvgIpc) is 2.79. The standard InChI is InChI=1S/C26H38ClN3O.H2O/c1-18(2)25(29-17-21-5-3-7-24-23(21)6-4-14-28-24)26(31)30-15-12-20(13-16-30)19-8-10-22(27)11-9-19;/h3,5-7,10,18-20,24-25,28-29H,4,8-9,11-17H2,1-2H3;1H2/t19?,24?,25-;/m1./s1. The number of halogens is 1. The fraction of sp³-hybridized carbons (Fsp3) is 0.654. The lowest BCUT2D eigenvalue weighted by molar-refractivity contribution is -0.136. The molecule has 2 aliphatic heterocycles. The molecule has 6 heteroatoms. The number of nitrogens with one attached hydrogen (secondary N) is 2. The molecule has 1 fully saturated rings. The molecule has 0 bridgehead atoms. The molecule has 1 saturated heterocycles. The molecule has 2 unspecified atom stereocenters. The van der Waals surface area contributed by atoms with E-state index in [4.69, 9.17) is 11.6 Å². The van der Waals surface area contributed by atoms with Crippen LogP contribution in [0, 0.1) is 17.8 Å². The topological polar surface area (TPSA) is 75.9 Å². The highest BCUT2D eigenvalue weighted by atomic mass is 35.5. The number of nitrogens with zero attached hydrogens (tertiary/aromatic N) is 1. The Bertz CT molecular complexity index is 778. The van der Waals surface area contributed by atoms with E-state index in [-0.39, 0.29) is 23.3 Å². The second-order valence-corrected chi connectivity index (χ2v) is 10.4. The van der Waals surface area contributed by atoms with Gasteiger partial charge in [-0.2, -0.15) is 0 Å². The Hall–Kier alpha value is -1.40. The number of allylic oxidation sites excluding steroid dienone is 4. The molecule has 0 saturated carbocycles. The second-order valence-electron chi connectivity index (χ2n) is 9.91. The van der Waals surface area contributed by atoms with E-state index in [2.05, 4.69) is 59.8 Å². The summed E-state index contributed by atoms with van der Waals surface area (Å²) >= 11 is 6.16. The first-order valence-electron chi connectivity index (χ1n) is 12.2. The zero-order valence-corrected chi connectivity index (χ0v) is 20.3. The number of carbonyl (C=O) groups is 1. The van der Waals surface area contributed by atoms with Gasteiger partial charge in [0.05, 0.1) is 12.1 Å². The van der Waals surface area contributed by atoms with E-state index in [9.17, 15) is 4.79 Å². The van der Waals surface area contributed by atoms with Crippen LogP contribution in [0.3, 0.4) is 0 Å². The van der Waals surface area contributed by atoms with Gasteiger partial charge < -0.3 is 21.0 Å². The van der Waals surface area contributed by atoms with Gasteiger partial charge in [-0.1, -0.05) is 55.8 Å². The number of likely N-dealkylation sites (tertiary alicyclic amines) is 1. The summed E-state index contributed by atoms with van der Waals surface area (Å²) in [6.45, 7) is 7.87. The second kappa shape index (κ2) is 11.6. The lowest BCUT2D eigenvalue weighted by atomic mass is 9.78. The predicted molar refractivity (Wildman–Crippen MR) is 133 cm³/mol. The Morgan fingerprint density at radius 3 is 2.69 bits per heavy atom. The number of piperidine rings is 1. The van der Waals surface area contributed by atoms with E-state index in [0.717, 1.165) is 75.2 Å². The van der Waals surface area contributed by atoms with E-state index in [1.807, 2.05) is 0 Å². The number of rotatable bonds is 6. The third-order valence-corrected chi connectivity index (χ3v) is 7.88. The van der Waals surface area contributed by atoms with E-state index >= 15 is 0 Å². The molecule has 0 spiro atoms. The van der Waals surface area contributed by atoms with Crippen LogP contribution in [0.2, 0.25) is 0 Å². The number of hydrogen-bond acceptors (Lipinski definition) is 3. The number of carbonyl (C=O) groups excluding carboxylic acids is 1. The molecule has 4 rings (SSSR count). The van der Waals surface area contributed by atoms with Crippen molar-refractivity contribution in [2.45, 2.75) is 64.5 Å². The largest absolute Gasteiger partial charge is 0.412 e. The van der Waals surface area contributed by atoms with Gasteiger partial charge in [-0.05, 0) is 74.0 Å². The summed E-state index contributed by atoms with van der Waals surface area (Å²) in [5, 5.41) is 8.21. The summed E-state index contributed by atoms with van der Waals surface area (Å²) in [6.07, 6.45) is 17.8. The van der Waals surface area contributed by atoms with Gasteiger partial charge >= 0.3 is 0 Å². The number of fused-ring (bicyclic) bond motifs is 1. The maximum absolute atomic E-state index is 13.4. The van der Waals surface area contributed by atoms with Gasteiger partial charge in [0.15, 0.2) is 0 Å². The molecule has 2 aliphatic carbocycles. The molecule has 4 N–H and O–H groups in total. The van der Waals surface area contributed by atoms with Crippen LogP contribution >= 0.6 is 11.6 Å². The van der Waals surface area contributed by atoms with Crippen LogP contribution in [0.15, 0.2) is 46.6 Å². The first-order valence-corrected chi connectivity index (χ1v) is 12.6. The monoisotopic (exact) mass is 461 g/mol. The maximum atomic E-state index is 13.4. The van der Waals surface area contributed by atoms with Gasteiger partial charge in [0, 0.05) is 24.7 Å². The Morgan fingerprint density at radius 2 is 2.00 bits per heavy atom. The third kappa shape index (κ3) is 5.93. The molecule has 2 heterocycles. The summed E-state index contributed by atoms with van der Waals surface area (Å²) in [7, 11) is 0. The first-order chi connectivity index (χ1) is 15.0. The molecular formula is C26H40ClN3O2. The molecule has 4 aliphatic rings. The highest BCUT2D eigenvalue weighted by Crippen LogP contribution is 2.36. The summed E-state index contributed by atoms with van der Waals surface area (Å²) < 4.78 is 0. The van der Waals surface area contributed by atoms with Crippen molar-refractivity contribution in [1.29, 1.82) is 0 Å². The minimum absolute atomic E-state index is 0. The van der Waals surface area contributed by atoms with Crippen LogP contribution in [0.1, 0.15) is 52.4 Å². The van der Waals surface area contributed by atoms with Crippen LogP contribution < -0.4 is 10.6 Å². The van der Waals surface area contributed by atoms with Crippen molar-refractivity contribution in [3.63, 3.8) is 0 Å². The fourth-order valence-corrected chi connectivity index (χ4v) is 5.81. The van der Waals surface area contributed by atoms with Crippen LogP contribution in [-0.2, 0) is 4.79 Å². The molecule has 3 atom stereocenters. The fourth-order valence-electron chi connectivity index (χ4n) is 5.61. The van der Waals surface area contributed by atoms with Crippen molar-refractivity contribution in [3.05, 3.63) is 46.6 Å². The van der Waals surface area contributed by atoms with Crippen LogP contribution in [-0.4, -0.2) is 54.5 Å². The Labute approximate surface area is 198 Å². The average molecular weight is 462 g/mol. The summed E-state index contributed by atoms with van der Waals surface area (Å²) in [6, 6.07) is 0.197. The van der Waals surface area contributed by atoms with E-state index in [1.165, 1.54) is 17.6 Å². The van der Waals surface area contributed by atoms with Crippen molar-refractivity contribution in [2.75, 3.05) is 26.2 Å². The Balaban J connectivity index is 0.00000289. The molecule has 0 aromatic carbocycles. The van der Waals surface area contributed by atoms with Gasteiger partial charge in [0.25, 0.3) is 0 Å². The molecule has 5 nitrogen and oxygen atoms in total. The SMILES string of the molecule is CC(C)[C@@H](NCC1=CC=CC2NCCC=C12)C(=O)N1CCC(C2CC=C(Cl)CC2)CC1.O. The molecule has 1 amide bonds. The van der Waals surface area contributed by atoms with E-state index < -0.39 is 0 Å². The molecular weight excluding hydrogens is 422 g/mol. The van der Waals surface area contributed by atoms with Crippen molar-refractivity contribution in [2.24, 2.45) is 17.8 Å². The zero-order chi connectivity index (χ0) is 21.8. The quantitative estimate of drug-likeness (QED) is 0.632. The van der Waals surface area contributed by atoms with Crippen molar-refractivity contribution >= 4 is 17.5 Å². The Morgan fingerprint density at radius 1 is 1.22 bits per heavy atom. The molecule has 0 radical (unpaired) electrons. The highest BCUT2D eigenvalue weighted by molar-refractivity contribution is 6.29. The highest BCUT2D eigenvalue weighted by Gasteiger charge is 2.33. The number of hydrogen-bond donors (Lipinski definition) is 2. The van der Waals surface area contributed by atoms with Crippen LogP contribution in [0.4, 0.5) is 0 Å². The third-order valence-electron chi connectivity index (χ3n) is 7.54. The van der Waals surface area contributed by atoms with Crippen LogP contribution in [0.25, 0.3) is 0 Å². The maximum Gasteiger partial charge on any atom is 0.239 e. The Kier molecular flexibility index (Phi) is 9.18. The van der Waals surface area contributed by atoms with Gasteiger partial charge in [0.2, 0.25) is 5.91 Å². The van der Waals surface area contributed by atoms with Crippen molar-refractivity contribution in [1.82, 2.24) is 15.5 Å². The van der Waals surface area contributed by atoms with E-state index in [1.54, 1.807) is 0 Å². The minimum atomic E-state index is -0.129. The normalized spacial score (nSPS) is 27.1. The van der Waals surface area contributed by atoms with Crippen molar-refractivity contribution in [3.8, 4) is 0 Å². The minimum Gasteiger partial charge on any atom is -0.412 e. The summed E-state index contributed by atoms with van der Waals surface area (Å²) in [4.78, 5) is 15.5. The summed E-state index contributed by atoms with van der Waals surface area (Å²) in [5.41, 5.74) is 2.68. The molecule has 32 heavy (non-hydrogen) atoms. The summed E-state index contributed by atoms with van der Waals surface area (Å²) in [5.74, 6) is 2.02. The lowest BCUT2D eigenvalue weighted by Crippen LogP contribution is -2.52. The van der Waals surface area contributed by atoms with Gasteiger partial charge in [-0.15, -0.1) is 0 Å². The number of amides is 1. The first kappa shape index (κ1) is 25.2. The lowest BCUT2D eigenvalue weighted by Gasteiger charge is -2.39. The van der Waals surface area contributed by atoms with Gasteiger partial charge in [-0.3, -0.25) is 4.79 Å². The molecule has 0 aromatic heterocycles. The predicted octanol–water partition coefficient (Wildman–Crippen LogP) is 3.72.